The van der Waals surface area contributed by atoms with Gasteiger partial charge in [-0.15, -0.1) is 0 Å². The zero-order valence-corrected chi connectivity index (χ0v) is 18.9. The summed E-state index contributed by atoms with van der Waals surface area (Å²) in [5, 5.41) is 0.736. The van der Waals surface area contributed by atoms with Gasteiger partial charge in [-0.05, 0) is 54.7 Å². The van der Waals surface area contributed by atoms with Crippen molar-refractivity contribution in [1.82, 2.24) is 0 Å². The van der Waals surface area contributed by atoms with Gasteiger partial charge in [0.1, 0.15) is 11.9 Å². The zero-order valence-electron chi connectivity index (χ0n) is 18.2. The summed E-state index contributed by atoms with van der Waals surface area (Å²) in [4.78, 5) is 11.6. The molecule has 0 bridgehead atoms. The van der Waals surface area contributed by atoms with Crippen molar-refractivity contribution < 1.29 is 19.0 Å². The summed E-state index contributed by atoms with van der Waals surface area (Å²) in [6.07, 6.45) is 2.05. The molecule has 2 aromatic rings. The third-order valence-electron chi connectivity index (χ3n) is 5.75. The monoisotopic (exact) mass is 430 g/mol. The van der Waals surface area contributed by atoms with Gasteiger partial charge in [0.15, 0.2) is 0 Å². The lowest BCUT2D eigenvalue weighted by Crippen LogP contribution is -2.41. The van der Waals surface area contributed by atoms with E-state index in [-0.39, 0.29) is 30.2 Å². The molecule has 4 atom stereocenters. The van der Waals surface area contributed by atoms with Crippen molar-refractivity contribution in [3.05, 3.63) is 64.2 Å². The largest absolute Gasteiger partial charge is 0.494 e. The maximum absolute atomic E-state index is 11.6. The van der Waals surface area contributed by atoms with E-state index in [1.807, 2.05) is 31.2 Å². The molecule has 0 aromatic heterocycles. The Kier molecular flexibility index (Phi) is 7.79. The average molecular weight is 431 g/mol. The number of hydrogen-bond donors (Lipinski definition) is 0. The molecule has 4 nitrogen and oxygen atoms in total. The molecular formula is C25H31ClO4. The van der Waals surface area contributed by atoms with Crippen molar-refractivity contribution in [2.75, 3.05) is 6.61 Å². The number of halogens is 1. The van der Waals surface area contributed by atoms with Crippen LogP contribution in [0.25, 0.3) is 0 Å². The third-order valence-corrected chi connectivity index (χ3v) is 6.12. The van der Waals surface area contributed by atoms with Crippen LogP contribution in [0, 0.1) is 5.92 Å². The highest BCUT2D eigenvalue weighted by Crippen LogP contribution is 2.38. The number of carbonyl (C=O) groups excluding carboxylic acids is 1. The lowest BCUT2D eigenvalue weighted by molar-refractivity contribution is -0.173. The molecule has 1 aliphatic rings. The molecule has 2 aromatic carbocycles. The Bertz CT molecular complexity index is 849. The lowest BCUT2D eigenvalue weighted by atomic mass is 9.86. The molecule has 3 rings (SSSR count). The molecule has 3 unspecified atom stereocenters. The van der Waals surface area contributed by atoms with E-state index < -0.39 is 0 Å². The second-order valence-corrected chi connectivity index (χ2v) is 8.33. The fraction of sp³-hybridized carbons (Fsp3) is 0.480. The van der Waals surface area contributed by atoms with E-state index in [0.717, 1.165) is 34.7 Å². The van der Waals surface area contributed by atoms with Gasteiger partial charge in [0.2, 0.25) is 0 Å². The Labute approximate surface area is 184 Å². The second kappa shape index (κ2) is 10.3. The van der Waals surface area contributed by atoms with E-state index in [0.29, 0.717) is 13.0 Å². The molecular weight excluding hydrogens is 400 g/mol. The van der Waals surface area contributed by atoms with Crippen LogP contribution in [0.2, 0.25) is 5.02 Å². The zero-order chi connectivity index (χ0) is 21.7. The number of rotatable bonds is 7. The molecule has 0 radical (unpaired) electrons. The summed E-state index contributed by atoms with van der Waals surface area (Å²) in [5.41, 5.74) is 3.29. The van der Waals surface area contributed by atoms with Crippen LogP contribution in [-0.2, 0) is 20.7 Å². The standard InChI is InChI=1S/C25H31ClO4/c1-5-23-16(3)24(29-17(4)27)15-25(30-23)19-9-12-22(26)20(14-19)13-18-7-10-21(11-8-18)28-6-2/h7-12,14,16,23-25H,5-6,13,15H2,1-4H3/t16-,23?,24?,25?/m1/s1. The molecule has 0 N–H and O–H groups in total. The Morgan fingerprint density at radius 1 is 1.17 bits per heavy atom. The highest BCUT2D eigenvalue weighted by Gasteiger charge is 2.37. The van der Waals surface area contributed by atoms with Crippen LogP contribution in [-0.4, -0.2) is 24.8 Å². The van der Waals surface area contributed by atoms with E-state index in [9.17, 15) is 4.79 Å². The summed E-state index contributed by atoms with van der Waals surface area (Å²) < 4.78 is 17.5. The summed E-state index contributed by atoms with van der Waals surface area (Å²) in [6, 6.07) is 14.2. The van der Waals surface area contributed by atoms with Crippen molar-refractivity contribution >= 4 is 17.6 Å². The minimum Gasteiger partial charge on any atom is -0.494 e. The lowest BCUT2D eigenvalue weighted by Gasteiger charge is -2.40. The Balaban J connectivity index is 1.80. The van der Waals surface area contributed by atoms with E-state index in [1.54, 1.807) is 0 Å². The summed E-state index contributed by atoms with van der Waals surface area (Å²) in [7, 11) is 0. The number of carbonyl (C=O) groups is 1. The minimum absolute atomic E-state index is 0.0540. The van der Waals surface area contributed by atoms with Crippen LogP contribution in [0.4, 0.5) is 0 Å². The van der Waals surface area contributed by atoms with Crippen molar-refractivity contribution in [2.45, 2.75) is 65.3 Å². The molecule has 1 aliphatic heterocycles. The molecule has 5 heteroatoms. The predicted octanol–water partition coefficient (Wildman–Crippen LogP) is 6.14. The topological polar surface area (TPSA) is 44.8 Å². The summed E-state index contributed by atoms with van der Waals surface area (Å²) in [5.74, 6) is 0.799. The molecule has 1 saturated heterocycles. The first-order valence-electron chi connectivity index (χ1n) is 10.7. The van der Waals surface area contributed by atoms with E-state index in [2.05, 4.69) is 32.0 Å². The number of ether oxygens (including phenoxy) is 3. The van der Waals surface area contributed by atoms with Crippen LogP contribution in [0.5, 0.6) is 5.75 Å². The first-order chi connectivity index (χ1) is 14.4. The Morgan fingerprint density at radius 3 is 2.53 bits per heavy atom. The van der Waals surface area contributed by atoms with Crippen LogP contribution in [0.15, 0.2) is 42.5 Å². The maximum Gasteiger partial charge on any atom is 0.302 e. The molecule has 1 fully saturated rings. The van der Waals surface area contributed by atoms with Gasteiger partial charge in [0, 0.05) is 24.3 Å². The maximum atomic E-state index is 11.6. The average Bonchev–Trinajstić information content (AvgIpc) is 2.72. The van der Waals surface area contributed by atoms with E-state index >= 15 is 0 Å². The van der Waals surface area contributed by atoms with Gasteiger partial charge in [0.25, 0.3) is 0 Å². The van der Waals surface area contributed by atoms with Gasteiger partial charge in [-0.1, -0.05) is 49.7 Å². The highest BCUT2D eigenvalue weighted by atomic mass is 35.5. The fourth-order valence-corrected chi connectivity index (χ4v) is 4.31. The molecule has 30 heavy (non-hydrogen) atoms. The number of benzene rings is 2. The Hall–Kier alpha value is -2.04. The van der Waals surface area contributed by atoms with Gasteiger partial charge in [-0.25, -0.2) is 0 Å². The van der Waals surface area contributed by atoms with Gasteiger partial charge in [-0.3, -0.25) is 4.79 Å². The van der Waals surface area contributed by atoms with Gasteiger partial charge in [0.05, 0.1) is 18.8 Å². The SMILES string of the molecule is CCOc1ccc(Cc2cc(C3CC(OC(C)=O)[C@H](C)C(CC)O3)ccc2Cl)cc1. The highest BCUT2D eigenvalue weighted by molar-refractivity contribution is 6.31. The summed E-state index contributed by atoms with van der Waals surface area (Å²) >= 11 is 6.51. The summed E-state index contributed by atoms with van der Waals surface area (Å²) in [6.45, 7) is 8.29. The molecule has 0 amide bonds. The Morgan fingerprint density at radius 2 is 1.90 bits per heavy atom. The normalized spacial score (nSPS) is 23.8. The van der Waals surface area contributed by atoms with Crippen molar-refractivity contribution in [2.24, 2.45) is 5.92 Å². The molecule has 1 heterocycles. The molecule has 162 valence electrons. The molecule has 0 saturated carbocycles. The van der Waals surface area contributed by atoms with Crippen LogP contribution in [0.3, 0.4) is 0 Å². The van der Waals surface area contributed by atoms with Crippen LogP contribution >= 0.6 is 11.6 Å². The smallest absolute Gasteiger partial charge is 0.302 e. The van der Waals surface area contributed by atoms with Crippen molar-refractivity contribution in [3.63, 3.8) is 0 Å². The van der Waals surface area contributed by atoms with Crippen molar-refractivity contribution in [1.29, 1.82) is 0 Å². The first kappa shape index (κ1) is 22.6. The quantitative estimate of drug-likeness (QED) is 0.495. The van der Waals surface area contributed by atoms with Gasteiger partial charge < -0.3 is 14.2 Å². The molecule has 0 aliphatic carbocycles. The minimum atomic E-state index is -0.241. The van der Waals surface area contributed by atoms with E-state index in [1.165, 1.54) is 12.5 Å². The second-order valence-electron chi connectivity index (χ2n) is 7.92. The van der Waals surface area contributed by atoms with Crippen molar-refractivity contribution in [3.8, 4) is 5.75 Å². The van der Waals surface area contributed by atoms with Gasteiger partial charge >= 0.3 is 5.97 Å². The third kappa shape index (κ3) is 5.55. The number of esters is 1. The number of hydrogen-bond acceptors (Lipinski definition) is 4. The predicted molar refractivity (Wildman–Crippen MR) is 119 cm³/mol. The fourth-order valence-electron chi connectivity index (χ4n) is 4.13. The van der Waals surface area contributed by atoms with Gasteiger partial charge in [-0.2, -0.15) is 0 Å². The van der Waals surface area contributed by atoms with Crippen LogP contribution < -0.4 is 4.74 Å². The van der Waals surface area contributed by atoms with Crippen LogP contribution in [0.1, 0.15) is 63.3 Å². The molecule has 0 spiro atoms. The first-order valence-corrected chi connectivity index (χ1v) is 11.1. The van der Waals surface area contributed by atoms with E-state index in [4.69, 9.17) is 25.8 Å².